The Labute approximate surface area is 127 Å². The highest BCUT2D eigenvalue weighted by molar-refractivity contribution is 6.35. The fourth-order valence-corrected chi connectivity index (χ4v) is 2.17. The van der Waals surface area contributed by atoms with Crippen molar-refractivity contribution in [3.8, 4) is 5.75 Å². The minimum atomic E-state index is -0.440. The lowest BCUT2D eigenvalue weighted by atomic mass is 10.1. The Balaban J connectivity index is 2.11. The molecule has 0 saturated heterocycles. The van der Waals surface area contributed by atoms with Crippen molar-refractivity contribution in [1.82, 2.24) is 0 Å². The molecule has 1 atom stereocenters. The van der Waals surface area contributed by atoms with Gasteiger partial charge in [0.25, 0.3) is 0 Å². The van der Waals surface area contributed by atoms with Crippen LogP contribution < -0.4 is 10.5 Å². The van der Waals surface area contributed by atoms with E-state index in [1.807, 2.05) is 0 Å². The molecule has 0 bridgehead atoms. The standard InChI is InChI=1S/C15H14Cl2FNO/c1-9(19)10-3-5-15(14(18)6-10)20-8-11-2-4-12(16)7-13(11)17/h2-7,9H,8,19H2,1H3/t9-/m1/s1. The van der Waals surface area contributed by atoms with Gasteiger partial charge in [-0.15, -0.1) is 0 Å². The molecule has 0 amide bonds. The van der Waals surface area contributed by atoms with E-state index in [0.717, 1.165) is 11.1 Å². The molecule has 0 unspecified atom stereocenters. The topological polar surface area (TPSA) is 35.2 Å². The average molecular weight is 314 g/mol. The molecule has 2 aromatic rings. The van der Waals surface area contributed by atoms with Crippen molar-refractivity contribution in [2.75, 3.05) is 0 Å². The van der Waals surface area contributed by atoms with Crippen LogP contribution in [0.1, 0.15) is 24.1 Å². The van der Waals surface area contributed by atoms with E-state index in [-0.39, 0.29) is 18.4 Å². The Hall–Kier alpha value is -1.29. The second-order valence-corrected chi connectivity index (χ2v) is 5.35. The summed E-state index contributed by atoms with van der Waals surface area (Å²) < 4.78 is 19.3. The fourth-order valence-electron chi connectivity index (χ4n) is 1.71. The zero-order valence-electron chi connectivity index (χ0n) is 10.9. The normalized spacial score (nSPS) is 12.2. The predicted molar refractivity (Wildman–Crippen MR) is 79.8 cm³/mol. The van der Waals surface area contributed by atoms with Crippen molar-refractivity contribution in [2.45, 2.75) is 19.6 Å². The molecule has 0 aliphatic heterocycles. The van der Waals surface area contributed by atoms with Gasteiger partial charge in [-0.3, -0.25) is 0 Å². The first-order valence-electron chi connectivity index (χ1n) is 6.09. The SMILES string of the molecule is C[C@@H](N)c1ccc(OCc2ccc(Cl)cc2Cl)c(F)c1. The number of nitrogens with two attached hydrogens (primary N) is 1. The van der Waals surface area contributed by atoms with Gasteiger partial charge >= 0.3 is 0 Å². The third-order valence-electron chi connectivity index (χ3n) is 2.88. The van der Waals surface area contributed by atoms with E-state index in [1.165, 1.54) is 6.07 Å². The second-order valence-electron chi connectivity index (χ2n) is 4.50. The van der Waals surface area contributed by atoms with Gasteiger partial charge in [0.1, 0.15) is 6.61 Å². The first-order chi connectivity index (χ1) is 9.47. The Kier molecular flexibility index (Phi) is 4.86. The fraction of sp³-hybridized carbons (Fsp3) is 0.200. The molecule has 5 heteroatoms. The van der Waals surface area contributed by atoms with Gasteiger partial charge in [-0.05, 0) is 36.8 Å². The van der Waals surface area contributed by atoms with Crippen LogP contribution in [0.5, 0.6) is 5.75 Å². The lowest BCUT2D eigenvalue weighted by Crippen LogP contribution is -2.06. The minimum absolute atomic E-state index is 0.167. The number of rotatable bonds is 4. The zero-order chi connectivity index (χ0) is 14.7. The first-order valence-corrected chi connectivity index (χ1v) is 6.84. The van der Waals surface area contributed by atoms with Crippen LogP contribution in [-0.2, 0) is 6.61 Å². The van der Waals surface area contributed by atoms with Crippen LogP contribution in [0.3, 0.4) is 0 Å². The number of halogens is 3. The monoisotopic (exact) mass is 313 g/mol. The van der Waals surface area contributed by atoms with Crippen LogP contribution in [0.25, 0.3) is 0 Å². The van der Waals surface area contributed by atoms with Crippen LogP contribution in [0, 0.1) is 5.82 Å². The van der Waals surface area contributed by atoms with Crippen LogP contribution in [0.4, 0.5) is 4.39 Å². The molecule has 0 aromatic heterocycles. The summed E-state index contributed by atoms with van der Waals surface area (Å²) in [6, 6.07) is 9.55. The van der Waals surface area contributed by atoms with Crippen molar-refractivity contribution in [3.63, 3.8) is 0 Å². The van der Waals surface area contributed by atoms with Gasteiger partial charge in [0.2, 0.25) is 0 Å². The quantitative estimate of drug-likeness (QED) is 0.885. The van der Waals surface area contributed by atoms with E-state index in [2.05, 4.69) is 0 Å². The minimum Gasteiger partial charge on any atom is -0.486 e. The highest BCUT2D eigenvalue weighted by Gasteiger charge is 2.09. The second kappa shape index (κ2) is 6.44. The van der Waals surface area contributed by atoms with E-state index >= 15 is 0 Å². The van der Waals surface area contributed by atoms with E-state index in [4.69, 9.17) is 33.7 Å². The van der Waals surface area contributed by atoms with Gasteiger partial charge in [0, 0.05) is 21.7 Å². The van der Waals surface area contributed by atoms with Gasteiger partial charge in [0.15, 0.2) is 11.6 Å². The lowest BCUT2D eigenvalue weighted by Gasteiger charge is -2.11. The summed E-state index contributed by atoms with van der Waals surface area (Å²) in [5.74, 6) is -0.273. The number of benzene rings is 2. The van der Waals surface area contributed by atoms with Gasteiger partial charge in [0.05, 0.1) is 0 Å². The maximum atomic E-state index is 13.8. The van der Waals surface area contributed by atoms with Crippen molar-refractivity contribution in [3.05, 3.63) is 63.4 Å². The molecule has 2 aromatic carbocycles. The van der Waals surface area contributed by atoms with E-state index in [1.54, 1.807) is 37.3 Å². The molecule has 0 fully saturated rings. The molecule has 2 nitrogen and oxygen atoms in total. The van der Waals surface area contributed by atoms with Crippen LogP contribution >= 0.6 is 23.2 Å². The summed E-state index contributed by atoms with van der Waals surface area (Å²) >= 11 is 11.8. The molecule has 0 aliphatic rings. The molecule has 20 heavy (non-hydrogen) atoms. The molecular formula is C15H14Cl2FNO. The van der Waals surface area contributed by atoms with Gasteiger partial charge < -0.3 is 10.5 Å². The van der Waals surface area contributed by atoms with Crippen LogP contribution in [0.2, 0.25) is 10.0 Å². The molecule has 0 radical (unpaired) electrons. The highest BCUT2D eigenvalue weighted by Crippen LogP contribution is 2.25. The van der Waals surface area contributed by atoms with Gasteiger partial charge in [-0.1, -0.05) is 35.3 Å². The summed E-state index contributed by atoms with van der Waals surface area (Å²) in [4.78, 5) is 0. The summed E-state index contributed by atoms with van der Waals surface area (Å²) in [6.07, 6.45) is 0. The maximum Gasteiger partial charge on any atom is 0.165 e. The molecule has 0 saturated carbocycles. The average Bonchev–Trinajstić information content (AvgIpc) is 2.38. The number of hydrogen-bond donors (Lipinski definition) is 1. The molecule has 2 rings (SSSR count). The molecule has 0 spiro atoms. The highest BCUT2D eigenvalue weighted by atomic mass is 35.5. The zero-order valence-corrected chi connectivity index (χ0v) is 12.4. The van der Waals surface area contributed by atoms with Crippen LogP contribution in [0.15, 0.2) is 36.4 Å². The Morgan fingerprint density at radius 3 is 2.55 bits per heavy atom. The number of ether oxygens (including phenoxy) is 1. The summed E-state index contributed by atoms with van der Waals surface area (Å²) in [7, 11) is 0. The Bertz CT molecular complexity index is 617. The Morgan fingerprint density at radius 2 is 1.95 bits per heavy atom. The third-order valence-corrected chi connectivity index (χ3v) is 3.47. The number of hydrogen-bond acceptors (Lipinski definition) is 2. The molecule has 106 valence electrons. The van der Waals surface area contributed by atoms with E-state index < -0.39 is 5.82 Å². The molecule has 0 aliphatic carbocycles. The molecule has 0 heterocycles. The van der Waals surface area contributed by atoms with Gasteiger partial charge in [-0.2, -0.15) is 0 Å². The summed E-state index contributed by atoms with van der Waals surface area (Å²) in [6.45, 7) is 1.97. The Morgan fingerprint density at radius 1 is 1.20 bits per heavy atom. The lowest BCUT2D eigenvalue weighted by molar-refractivity contribution is 0.290. The maximum absolute atomic E-state index is 13.8. The first kappa shape index (κ1) is 15.1. The van der Waals surface area contributed by atoms with Gasteiger partial charge in [-0.25, -0.2) is 4.39 Å². The smallest absolute Gasteiger partial charge is 0.165 e. The van der Waals surface area contributed by atoms with Crippen molar-refractivity contribution in [2.24, 2.45) is 5.73 Å². The molecular weight excluding hydrogens is 300 g/mol. The summed E-state index contributed by atoms with van der Waals surface area (Å²) in [5, 5.41) is 1.04. The largest absolute Gasteiger partial charge is 0.486 e. The van der Waals surface area contributed by atoms with Crippen LogP contribution in [-0.4, -0.2) is 0 Å². The molecule has 2 N–H and O–H groups in total. The van der Waals surface area contributed by atoms with Crippen molar-refractivity contribution >= 4 is 23.2 Å². The summed E-state index contributed by atoms with van der Waals surface area (Å²) in [5.41, 5.74) is 7.16. The van der Waals surface area contributed by atoms with E-state index in [0.29, 0.717) is 10.0 Å². The third kappa shape index (κ3) is 3.63. The van der Waals surface area contributed by atoms with Crippen molar-refractivity contribution in [1.29, 1.82) is 0 Å². The van der Waals surface area contributed by atoms with E-state index in [9.17, 15) is 4.39 Å². The van der Waals surface area contributed by atoms with Crippen molar-refractivity contribution < 1.29 is 9.13 Å². The predicted octanol–water partition coefficient (Wildman–Crippen LogP) is 4.73.